The molecule has 0 heterocycles. The Morgan fingerprint density at radius 1 is 1.26 bits per heavy atom. The van der Waals surface area contributed by atoms with Gasteiger partial charge in [0.15, 0.2) is 5.11 Å². The summed E-state index contributed by atoms with van der Waals surface area (Å²) in [7, 11) is 1.26. The number of rotatable bonds is 4. The topological polar surface area (TPSA) is 87.7 Å². The van der Waals surface area contributed by atoms with Gasteiger partial charge in [-0.1, -0.05) is 0 Å². The van der Waals surface area contributed by atoms with Crippen LogP contribution in [0, 0.1) is 0 Å². The van der Waals surface area contributed by atoms with Crippen LogP contribution >= 0.6 is 12.2 Å². The van der Waals surface area contributed by atoms with Crippen molar-refractivity contribution in [1.82, 2.24) is 5.32 Å². The molecule has 0 bridgehead atoms. The minimum Gasteiger partial charge on any atom is -0.508 e. The Morgan fingerprint density at radius 3 is 2.47 bits per heavy atom. The van der Waals surface area contributed by atoms with E-state index in [0.29, 0.717) is 5.69 Å². The number of methoxy groups -OCH3 is 1. The first kappa shape index (κ1) is 14.9. The van der Waals surface area contributed by atoms with Crippen molar-refractivity contribution in [2.75, 3.05) is 12.4 Å². The zero-order chi connectivity index (χ0) is 14.3. The first-order chi connectivity index (χ1) is 9.01. The maximum atomic E-state index is 11.4. The minimum atomic E-state index is -0.451. The van der Waals surface area contributed by atoms with Gasteiger partial charge in [-0.15, -0.1) is 0 Å². The third kappa shape index (κ3) is 5.82. The molecular weight excluding hydrogens is 268 g/mol. The van der Waals surface area contributed by atoms with Gasteiger partial charge in [-0.2, -0.15) is 0 Å². The largest absolute Gasteiger partial charge is 0.508 e. The fraction of sp³-hybridized carbons (Fsp3) is 0.250. The zero-order valence-corrected chi connectivity index (χ0v) is 11.1. The van der Waals surface area contributed by atoms with E-state index in [2.05, 4.69) is 15.4 Å². The molecule has 1 amide bonds. The van der Waals surface area contributed by atoms with Crippen LogP contribution in [-0.4, -0.2) is 29.2 Å². The number of hydrogen-bond donors (Lipinski definition) is 3. The summed E-state index contributed by atoms with van der Waals surface area (Å²) in [5, 5.41) is 14.4. The number of phenols is 1. The summed E-state index contributed by atoms with van der Waals surface area (Å²) in [6.45, 7) is 0. The van der Waals surface area contributed by atoms with Gasteiger partial charge in [-0.3, -0.25) is 9.59 Å². The monoisotopic (exact) mass is 282 g/mol. The van der Waals surface area contributed by atoms with Gasteiger partial charge in [0, 0.05) is 12.1 Å². The van der Waals surface area contributed by atoms with Gasteiger partial charge in [-0.05, 0) is 36.5 Å². The second-order valence-corrected chi connectivity index (χ2v) is 4.03. The van der Waals surface area contributed by atoms with Crippen LogP contribution < -0.4 is 10.6 Å². The molecule has 0 fully saturated rings. The Morgan fingerprint density at radius 2 is 1.89 bits per heavy atom. The summed E-state index contributed by atoms with van der Waals surface area (Å²) in [5.41, 5.74) is 0.635. The third-order valence-electron chi connectivity index (χ3n) is 2.16. The zero-order valence-electron chi connectivity index (χ0n) is 10.3. The van der Waals surface area contributed by atoms with E-state index in [9.17, 15) is 9.59 Å². The lowest BCUT2D eigenvalue weighted by atomic mass is 10.3. The highest BCUT2D eigenvalue weighted by atomic mass is 32.1. The molecule has 102 valence electrons. The summed E-state index contributed by atoms with van der Waals surface area (Å²) in [5.74, 6) is -0.687. The number of phenolic OH excluding ortho intramolecular Hbond substituents is 1. The summed E-state index contributed by atoms with van der Waals surface area (Å²) in [6.07, 6.45) is 0.00816. The van der Waals surface area contributed by atoms with Crippen molar-refractivity contribution in [3.8, 4) is 5.75 Å². The maximum Gasteiger partial charge on any atom is 0.306 e. The van der Waals surface area contributed by atoms with Gasteiger partial charge in [0.25, 0.3) is 0 Å². The normalized spacial score (nSPS) is 9.53. The Hall–Kier alpha value is -2.15. The number of ether oxygens (including phenoxy) is 1. The number of nitrogens with one attached hydrogen (secondary N) is 2. The Kier molecular flexibility index (Phi) is 5.74. The van der Waals surface area contributed by atoms with Crippen molar-refractivity contribution in [3.63, 3.8) is 0 Å². The van der Waals surface area contributed by atoms with Gasteiger partial charge in [-0.25, -0.2) is 0 Å². The van der Waals surface area contributed by atoms with E-state index in [0.717, 1.165) is 0 Å². The number of hydrogen-bond acceptors (Lipinski definition) is 5. The quantitative estimate of drug-likeness (QED) is 0.436. The molecule has 0 saturated carbocycles. The van der Waals surface area contributed by atoms with Crippen LogP contribution in [0.5, 0.6) is 5.75 Å². The summed E-state index contributed by atoms with van der Waals surface area (Å²) < 4.78 is 4.42. The second kappa shape index (κ2) is 7.32. The van der Waals surface area contributed by atoms with Crippen molar-refractivity contribution in [2.24, 2.45) is 0 Å². The van der Waals surface area contributed by atoms with Crippen LogP contribution in [0.3, 0.4) is 0 Å². The number of thiocarbonyl (C=S) groups is 1. The molecule has 0 atom stereocenters. The minimum absolute atomic E-state index is 0.00404. The lowest BCUT2D eigenvalue weighted by molar-refractivity contribution is -0.142. The molecule has 6 nitrogen and oxygen atoms in total. The molecule has 7 heteroatoms. The summed E-state index contributed by atoms with van der Waals surface area (Å²) in [6, 6.07) is 6.21. The number of amides is 1. The van der Waals surface area contributed by atoms with Crippen LogP contribution in [0.15, 0.2) is 24.3 Å². The van der Waals surface area contributed by atoms with Crippen LogP contribution in [0.2, 0.25) is 0 Å². The van der Waals surface area contributed by atoms with E-state index in [1.807, 2.05) is 0 Å². The van der Waals surface area contributed by atoms with Crippen molar-refractivity contribution in [1.29, 1.82) is 0 Å². The predicted molar refractivity (Wildman–Crippen MR) is 73.7 cm³/mol. The van der Waals surface area contributed by atoms with Crippen LogP contribution in [-0.2, 0) is 14.3 Å². The molecule has 0 aliphatic rings. The molecule has 19 heavy (non-hydrogen) atoms. The van der Waals surface area contributed by atoms with Gasteiger partial charge < -0.3 is 20.5 Å². The number of anilines is 1. The van der Waals surface area contributed by atoms with Gasteiger partial charge in [0.2, 0.25) is 5.91 Å². The Labute approximate surface area is 115 Å². The molecule has 0 saturated heterocycles. The van der Waals surface area contributed by atoms with E-state index < -0.39 is 5.97 Å². The summed E-state index contributed by atoms with van der Waals surface area (Å²) >= 11 is 4.93. The summed E-state index contributed by atoms with van der Waals surface area (Å²) in [4.78, 5) is 22.3. The highest BCUT2D eigenvalue weighted by Gasteiger charge is 2.08. The van der Waals surface area contributed by atoms with Gasteiger partial charge in [0.1, 0.15) is 5.75 Å². The average molecular weight is 282 g/mol. The second-order valence-electron chi connectivity index (χ2n) is 3.63. The van der Waals surface area contributed by atoms with Crippen LogP contribution in [0.25, 0.3) is 0 Å². The van der Waals surface area contributed by atoms with Gasteiger partial charge in [0.05, 0.1) is 13.5 Å². The Balaban J connectivity index is 2.36. The SMILES string of the molecule is COC(=O)CCC(=O)NC(=S)Nc1ccc(O)cc1. The maximum absolute atomic E-state index is 11.4. The lowest BCUT2D eigenvalue weighted by Gasteiger charge is -2.09. The third-order valence-corrected chi connectivity index (χ3v) is 2.37. The first-order valence-corrected chi connectivity index (χ1v) is 5.89. The number of esters is 1. The standard InChI is InChI=1S/C12H14N2O4S/c1-18-11(17)7-6-10(16)14-12(19)13-8-2-4-9(15)5-3-8/h2-5,15H,6-7H2,1H3,(H2,13,14,16,19). The number of aromatic hydroxyl groups is 1. The molecular formula is C12H14N2O4S. The molecule has 0 aliphatic heterocycles. The highest BCUT2D eigenvalue weighted by Crippen LogP contribution is 2.13. The average Bonchev–Trinajstić information content (AvgIpc) is 2.38. The molecule has 0 aliphatic carbocycles. The smallest absolute Gasteiger partial charge is 0.306 e. The molecule has 0 spiro atoms. The van der Waals surface area contributed by atoms with Crippen molar-refractivity contribution in [3.05, 3.63) is 24.3 Å². The fourth-order valence-corrected chi connectivity index (χ4v) is 1.45. The first-order valence-electron chi connectivity index (χ1n) is 5.48. The Bertz CT molecular complexity index is 473. The van der Waals surface area contributed by atoms with E-state index >= 15 is 0 Å². The fourth-order valence-electron chi connectivity index (χ4n) is 1.21. The van der Waals surface area contributed by atoms with Crippen LogP contribution in [0.4, 0.5) is 5.69 Å². The number of carbonyl (C=O) groups excluding carboxylic acids is 2. The van der Waals surface area contributed by atoms with Gasteiger partial charge >= 0.3 is 5.97 Å². The predicted octanol–water partition coefficient (Wildman–Crippen LogP) is 1.16. The molecule has 1 rings (SSSR count). The molecule has 0 aromatic heterocycles. The highest BCUT2D eigenvalue weighted by molar-refractivity contribution is 7.80. The number of benzene rings is 1. The molecule has 0 radical (unpaired) electrons. The molecule has 1 aromatic rings. The van der Waals surface area contributed by atoms with Crippen molar-refractivity contribution in [2.45, 2.75) is 12.8 Å². The number of carbonyl (C=O) groups is 2. The van der Waals surface area contributed by atoms with E-state index in [1.165, 1.54) is 19.2 Å². The molecule has 1 aromatic carbocycles. The van der Waals surface area contributed by atoms with E-state index in [-0.39, 0.29) is 29.6 Å². The van der Waals surface area contributed by atoms with Crippen LogP contribution in [0.1, 0.15) is 12.8 Å². The van der Waals surface area contributed by atoms with Crippen molar-refractivity contribution < 1.29 is 19.4 Å². The van der Waals surface area contributed by atoms with E-state index in [1.54, 1.807) is 12.1 Å². The van der Waals surface area contributed by atoms with E-state index in [4.69, 9.17) is 17.3 Å². The molecule has 3 N–H and O–H groups in total. The van der Waals surface area contributed by atoms with Crippen molar-refractivity contribution >= 4 is 34.9 Å². The molecule has 0 unspecified atom stereocenters. The lowest BCUT2D eigenvalue weighted by Crippen LogP contribution is -2.34.